The van der Waals surface area contributed by atoms with Crippen molar-refractivity contribution in [3.63, 3.8) is 0 Å². The predicted molar refractivity (Wildman–Crippen MR) is 140 cm³/mol. The summed E-state index contributed by atoms with van der Waals surface area (Å²) in [4.78, 5) is 12.9. The highest BCUT2D eigenvalue weighted by molar-refractivity contribution is 7.85. The molecule has 3 atom stereocenters. The van der Waals surface area contributed by atoms with E-state index in [2.05, 4.69) is 23.5 Å². The summed E-state index contributed by atoms with van der Waals surface area (Å²) >= 11 is 0. The fourth-order valence-corrected chi connectivity index (χ4v) is 3.83. The molecule has 186 valence electrons. The Kier molecular flexibility index (Phi) is 11.3. The minimum absolute atomic E-state index is 0.0266. The number of rotatable bonds is 13. The van der Waals surface area contributed by atoms with Gasteiger partial charge in [-0.1, -0.05) is 24.3 Å². The molecule has 0 aliphatic rings. The Morgan fingerprint density at radius 2 is 1.85 bits per heavy atom. The molecule has 7 nitrogen and oxygen atoms in total. The molecule has 0 radical (unpaired) electrons. The average molecular weight is 488 g/mol. The van der Waals surface area contributed by atoms with E-state index in [-0.39, 0.29) is 18.1 Å². The molecule has 3 N–H and O–H groups in total. The van der Waals surface area contributed by atoms with Crippen molar-refractivity contribution in [2.45, 2.75) is 38.3 Å². The highest BCUT2D eigenvalue weighted by Crippen LogP contribution is 2.21. The maximum Gasteiger partial charge on any atom is 0.251 e. The highest BCUT2D eigenvalue weighted by Gasteiger charge is 2.14. The number of amides is 1. The Morgan fingerprint density at radius 3 is 2.50 bits per heavy atom. The lowest BCUT2D eigenvalue weighted by Crippen LogP contribution is -2.39. The van der Waals surface area contributed by atoms with E-state index in [0.29, 0.717) is 24.9 Å². The number of benzene rings is 2. The summed E-state index contributed by atoms with van der Waals surface area (Å²) in [5, 5.41) is 2.91. The van der Waals surface area contributed by atoms with E-state index in [1.165, 1.54) is 0 Å². The van der Waals surface area contributed by atoms with Crippen LogP contribution in [0, 0.1) is 0 Å². The smallest absolute Gasteiger partial charge is 0.251 e. The maximum atomic E-state index is 12.9. The Morgan fingerprint density at radius 1 is 1.15 bits per heavy atom. The first-order valence-electron chi connectivity index (χ1n) is 11.3. The maximum absolute atomic E-state index is 12.9. The van der Waals surface area contributed by atoms with Gasteiger partial charge in [-0.15, -0.1) is 0 Å². The first kappa shape index (κ1) is 27.6. The van der Waals surface area contributed by atoms with Crippen LogP contribution < -0.4 is 20.1 Å². The zero-order valence-electron chi connectivity index (χ0n) is 20.7. The molecular weight excluding hydrogens is 450 g/mol. The summed E-state index contributed by atoms with van der Waals surface area (Å²) < 4.78 is 24.2. The summed E-state index contributed by atoms with van der Waals surface area (Å²) in [6, 6.07) is 13.3. The molecule has 0 aliphatic heterocycles. The minimum atomic E-state index is -1.21. The Balaban J connectivity index is 2.11. The van der Waals surface area contributed by atoms with Crippen LogP contribution in [0.5, 0.6) is 5.75 Å². The second-order valence-corrected chi connectivity index (χ2v) is 9.69. The van der Waals surface area contributed by atoms with E-state index in [0.717, 1.165) is 29.0 Å². The molecule has 0 bridgehead atoms. The second-order valence-electron chi connectivity index (χ2n) is 8.29. The third-order valence-corrected chi connectivity index (χ3v) is 6.54. The van der Waals surface area contributed by atoms with Gasteiger partial charge >= 0.3 is 0 Å². The number of nitrogens with one attached hydrogen (secondary N) is 1. The van der Waals surface area contributed by atoms with E-state index in [4.69, 9.17) is 15.2 Å². The van der Waals surface area contributed by atoms with Crippen LogP contribution in [0.2, 0.25) is 0 Å². The number of methoxy groups -OCH3 is 2. The lowest BCUT2D eigenvalue weighted by atomic mass is 10.0. The second kappa shape index (κ2) is 13.9. The summed E-state index contributed by atoms with van der Waals surface area (Å²) in [6.07, 6.45) is 7.88. The third kappa shape index (κ3) is 8.93. The molecule has 0 spiro atoms. The standard InChI is InChI=1S/C26H37N3O4S/c1-19(32-3)13-23(27)18-28-26(30)22-14-21(15-24(17-22)29(2)34(5)31)10-7-6-9-20-11-8-12-25(16-20)33-4/h6-8,11-12,14-17,19,23H,9-10,13,18,27H2,1-5H3,(H,28,30)/b7-6+. The van der Waals surface area contributed by atoms with Gasteiger partial charge in [0.25, 0.3) is 5.91 Å². The van der Waals surface area contributed by atoms with E-state index < -0.39 is 11.0 Å². The van der Waals surface area contributed by atoms with Crippen LogP contribution in [0.15, 0.2) is 54.6 Å². The van der Waals surface area contributed by atoms with Gasteiger partial charge in [-0.25, -0.2) is 4.21 Å². The first-order valence-corrected chi connectivity index (χ1v) is 12.8. The van der Waals surface area contributed by atoms with Crippen molar-refractivity contribution >= 4 is 22.6 Å². The van der Waals surface area contributed by atoms with Crippen LogP contribution >= 0.6 is 0 Å². The number of anilines is 1. The molecule has 3 unspecified atom stereocenters. The molecule has 1 amide bonds. The molecule has 2 aromatic carbocycles. The van der Waals surface area contributed by atoms with Gasteiger partial charge in [-0.2, -0.15) is 0 Å². The zero-order chi connectivity index (χ0) is 25.1. The number of allylic oxidation sites excluding steroid dienone is 2. The molecule has 8 heteroatoms. The number of ether oxygens (including phenoxy) is 2. The average Bonchev–Trinajstić information content (AvgIpc) is 2.84. The molecule has 0 saturated carbocycles. The van der Waals surface area contributed by atoms with Crippen LogP contribution in [0.4, 0.5) is 5.69 Å². The van der Waals surface area contributed by atoms with Crippen molar-refractivity contribution in [2.24, 2.45) is 5.73 Å². The molecule has 2 rings (SSSR count). The van der Waals surface area contributed by atoms with Crippen molar-refractivity contribution in [3.8, 4) is 5.75 Å². The van der Waals surface area contributed by atoms with Crippen molar-refractivity contribution in [1.82, 2.24) is 5.32 Å². The lowest BCUT2D eigenvalue weighted by molar-refractivity contribution is 0.0923. The number of nitrogens with zero attached hydrogens (tertiary/aromatic N) is 1. The van der Waals surface area contributed by atoms with E-state index >= 15 is 0 Å². The largest absolute Gasteiger partial charge is 0.497 e. The summed E-state index contributed by atoms with van der Waals surface area (Å²) in [5.74, 6) is 0.625. The Hall–Kier alpha value is -2.68. The van der Waals surface area contributed by atoms with Gasteiger partial charge < -0.3 is 20.5 Å². The summed E-state index contributed by atoms with van der Waals surface area (Å²) in [6.45, 7) is 2.29. The van der Waals surface area contributed by atoms with Gasteiger partial charge in [0.1, 0.15) is 16.7 Å². The van der Waals surface area contributed by atoms with Gasteiger partial charge in [0.2, 0.25) is 0 Å². The molecule has 0 aromatic heterocycles. The molecule has 34 heavy (non-hydrogen) atoms. The predicted octanol–water partition coefficient (Wildman–Crippen LogP) is 3.25. The van der Waals surface area contributed by atoms with Crippen molar-refractivity contribution < 1.29 is 18.5 Å². The van der Waals surface area contributed by atoms with Crippen LogP contribution in [0.25, 0.3) is 0 Å². The van der Waals surface area contributed by atoms with Gasteiger partial charge in [-0.05, 0) is 67.6 Å². The molecule has 0 saturated heterocycles. The fourth-order valence-electron chi connectivity index (χ4n) is 3.42. The zero-order valence-corrected chi connectivity index (χ0v) is 21.6. The fraction of sp³-hybridized carbons (Fsp3) is 0.423. The lowest BCUT2D eigenvalue weighted by Gasteiger charge is -2.19. The van der Waals surface area contributed by atoms with E-state index in [9.17, 15) is 9.00 Å². The van der Waals surface area contributed by atoms with E-state index in [1.807, 2.05) is 37.3 Å². The topological polar surface area (TPSA) is 93.9 Å². The normalized spacial score (nSPS) is 13.9. The number of hydrogen-bond acceptors (Lipinski definition) is 5. The Bertz CT molecular complexity index is 996. The summed E-state index contributed by atoms with van der Waals surface area (Å²) in [7, 11) is 3.84. The highest BCUT2D eigenvalue weighted by atomic mass is 32.2. The number of hydrogen-bond donors (Lipinski definition) is 2. The van der Waals surface area contributed by atoms with Crippen LogP contribution in [-0.4, -0.2) is 56.3 Å². The monoisotopic (exact) mass is 487 g/mol. The minimum Gasteiger partial charge on any atom is -0.497 e. The van der Waals surface area contributed by atoms with Gasteiger partial charge in [0.05, 0.1) is 13.2 Å². The molecule has 2 aromatic rings. The number of nitrogens with two attached hydrogens (primary N) is 1. The quantitative estimate of drug-likeness (QED) is 0.423. The van der Waals surface area contributed by atoms with Crippen molar-refractivity contribution in [2.75, 3.05) is 38.4 Å². The number of carbonyl (C=O) groups excluding carboxylic acids is 1. The first-order chi connectivity index (χ1) is 16.2. The van der Waals surface area contributed by atoms with Gasteiger partial charge in [-0.3, -0.25) is 9.10 Å². The van der Waals surface area contributed by atoms with Gasteiger partial charge in [0.15, 0.2) is 0 Å². The Labute approximate surface area is 205 Å². The summed E-state index contributed by atoms with van der Waals surface area (Å²) in [5.41, 5.74) is 9.46. The van der Waals surface area contributed by atoms with E-state index in [1.54, 1.807) is 37.9 Å². The molecule has 0 heterocycles. The van der Waals surface area contributed by atoms with Crippen LogP contribution in [0.1, 0.15) is 34.8 Å². The van der Waals surface area contributed by atoms with Crippen LogP contribution in [-0.2, 0) is 28.6 Å². The van der Waals surface area contributed by atoms with Crippen molar-refractivity contribution in [1.29, 1.82) is 0 Å². The van der Waals surface area contributed by atoms with Crippen molar-refractivity contribution in [3.05, 3.63) is 71.3 Å². The number of carbonyl (C=O) groups is 1. The molecule has 0 fully saturated rings. The molecular formula is C26H37N3O4S. The third-order valence-electron chi connectivity index (χ3n) is 5.56. The molecule has 0 aliphatic carbocycles. The van der Waals surface area contributed by atoms with Gasteiger partial charge in [0, 0.05) is 44.3 Å². The van der Waals surface area contributed by atoms with Crippen LogP contribution in [0.3, 0.4) is 0 Å². The SMILES string of the molecule is COc1cccc(C/C=C/Cc2cc(C(=O)NCC(N)CC(C)OC)cc(N(C)S(C)=O)c2)c1.